The van der Waals surface area contributed by atoms with Gasteiger partial charge < -0.3 is 18.9 Å². The number of carbonyl (C=O) groups excluding carboxylic acids is 4. The number of ether oxygens (including phenoxy) is 4. The summed E-state index contributed by atoms with van der Waals surface area (Å²) in [6.07, 6.45) is 0. The third kappa shape index (κ3) is 4.72. The summed E-state index contributed by atoms with van der Waals surface area (Å²) in [4.78, 5) is 51.0. The SMILES string of the molecule is COC(=O)/C(C(=O)c1ccc(OC)cc1)=C(\C(=O)OC)C(=O)c1ccc(OC)cc1. The van der Waals surface area contributed by atoms with Crippen LogP contribution in [0.4, 0.5) is 0 Å². The zero-order valence-electron chi connectivity index (χ0n) is 16.9. The Balaban J connectivity index is 2.67. The molecule has 156 valence electrons. The number of methoxy groups -OCH3 is 4. The van der Waals surface area contributed by atoms with Gasteiger partial charge in [-0.25, -0.2) is 9.59 Å². The number of benzene rings is 2. The molecular weight excluding hydrogens is 392 g/mol. The maximum Gasteiger partial charge on any atom is 0.342 e. The van der Waals surface area contributed by atoms with E-state index in [1.807, 2.05) is 0 Å². The molecule has 30 heavy (non-hydrogen) atoms. The van der Waals surface area contributed by atoms with Gasteiger partial charge in [-0.2, -0.15) is 0 Å². The molecule has 2 aromatic carbocycles. The van der Waals surface area contributed by atoms with Crippen molar-refractivity contribution in [2.45, 2.75) is 0 Å². The van der Waals surface area contributed by atoms with Crippen molar-refractivity contribution in [1.29, 1.82) is 0 Å². The molecule has 0 atom stereocenters. The highest BCUT2D eigenvalue weighted by molar-refractivity contribution is 6.36. The number of Topliss-reactive ketones (excluding diaryl/α,β-unsaturated/α-hetero) is 2. The number of hydrogen-bond acceptors (Lipinski definition) is 8. The maximum atomic E-state index is 13.1. The maximum absolute atomic E-state index is 13.1. The molecule has 0 aliphatic heterocycles. The summed E-state index contributed by atoms with van der Waals surface area (Å²) in [5.74, 6) is -3.05. The Morgan fingerprint density at radius 1 is 0.533 bits per heavy atom. The summed E-state index contributed by atoms with van der Waals surface area (Å²) in [6.45, 7) is 0. The molecule has 0 spiro atoms. The zero-order chi connectivity index (χ0) is 22.3. The molecule has 8 nitrogen and oxygen atoms in total. The highest BCUT2D eigenvalue weighted by atomic mass is 16.5. The molecule has 0 aliphatic rings. The van der Waals surface area contributed by atoms with Crippen molar-refractivity contribution in [3.05, 3.63) is 70.8 Å². The summed E-state index contributed by atoms with van der Waals surface area (Å²) in [5, 5.41) is 0. The smallest absolute Gasteiger partial charge is 0.342 e. The molecule has 0 aliphatic carbocycles. The minimum atomic E-state index is -1.14. The molecule has 0 saturated heterocycles. The first kappa shape index (κ1) is 22.4. The first-order chi connectivity index (χ1) is 14.4. The van der Waals surface area contributed by atoms with Crippen molar-refractivity contribution in [3.63, 3.8) is 0 Å². The van der Waals surface area contributed by atoms with Gasteiger partial charge in [0, 0.05) is 11.1 Å². The van der Waals surface area contributed by atoms with Crippen LogP contribution in [0.1, 0.15) is 20.7 Å². The molecule has 8 heteroatoms. The average molecular weight is 412 g/mol. The number of carbonyl (C=O) groups is 4. The fourth-order valence-corrected chi connectivity index (χ4v) is 2.59. The largest absolute Gasteiger partial charge is 0.497 e. The third-order valence-electron chi connectivity index (χ3n) is 4.19. The van der Waals surface area contributed by atoms with E-state index in [1.165, 1.54) is 62.8 Å². The normalized spacial score (nSPS) is 11.1. The van der Waals surface area contributed by atoms with Gasteiger partial charge >= 0.3 is 11.9 Å². The van der Waals surface area contributed by atoms with Crippen LogP contribution in [0.2, 0.25) is 0 Å². The van der Waals surface area contributed by atoms with E-state index in [0.29, 0.717) is 11.5 Å². The van der Waals surface area contributed by atoms with Crippen molar-refractivity contribution < 1.29 is 38.1 Å². The second-order valence-corrected chi connectivity index (χ2v) is 5.85. The number of rotatable bonds is 8. The highest BCUT2D eigenvalue weighted by Crippen LogP contribution is 2.22. The Bertz CT molecular complexity index is 903. The van der Waals surface area contributed by atoms with E-state index in [4.69, 9.17) is 9.47 Å². The quantitative estimate of drug-likeness (QED) is 0.214. The molecule has 0 amide bonds. The van der Waals surface area contributed by atoms with E-state index >= 15 is 0 Å². The second kappa shape index (κ2) is 10.0. The molecule has 0 heterocycles. The van der Waals surface area contributed by atoms with Crippen molar-refractivity contribution in [1.82, 2.24) is 0 Å². The van der Waals surface area contributed by atoms with Crippen LogP contribution in [-0.2, 0) is 19.1 Å². The number of ketones is 2. The van der Waals surface area contributed by atoms with E-state index in [2.05, 4.69) is 9.47 Å². The van der Waals surface area contributed by atoms with Gasteiger partial charge in [0.15, 0.2) is 0 Å². The van der Waals surface area contributed by atoms with Crippen LogP contribution in [0.25, 0.3) is 0 Å². The highest BCUT2D eigenvalue weighted by Gasteiger charge is 2.34. The van der Waals surface area contributed by atoms with E-state index in [1.54, 1.807) is 0 Å². The molecule has 0 N–H and O–H groups in total. The Hall–Kier alpha value is -3.94. The average Bonchev–Trinajstić information content (AvgIpc) is 2.80. The minimum absolute atomic E-state index is 0.0557. The summed E-state index contributed by atoms with van der Waals surface area (Å²) < 4.78 is 19.4. The van der Waals surface area contributed by atoms with Gasteiger partial charge in [0.25, 0.3) is 0 Å². The fraction of sp³-hybridized carbons (Fsp3) is 0.182. The third-order valence-corrected chi connectivity index (χ3v) is 4.19. The van der Waals surface area contributed by atoms with Crippen LogP contribution in [0.15, 0.2) is 59.7 Å². The van der Waals surface area contributed by atoms with Gasteiger partial charge in [-0.05, 0) is 48.5 Å². The predicted octanol–water partition coefficient (Wildman–Crippen LogP) is 2.41. The van der Waals surface area contributed by atoms with Gasteiger partial charge in [0.1, 0.15) is 22.6 Å². The fourth-order valence-electron chi connectivity index (χ4n) is 2.59. The lowest BCUT2D eigenvalue weighted by Crippen LogP contribution is -2.26. The van der Waals surface area contributed by atoms with Crippen LogP contribution in [0, 0.1) is 0 Å². The van der Waals surface area contributed by atoms with Crippen molar-refractivity contribution >= 4 is 23.5 Å². The first-order valence-corrected chi connectivity index (χ1v) is 8.66. The second-order valence-electron chi connectivity index (χ2n) is 5.85. The van der Waals surface area contributed by atoms with E-state index in [-0.39, 0.29) is 11.1 Å². The van der Waals surface area contributed by atoms with Crippen LogP contribution in [0.3, 0.4) is 0 Å². The van der Waals surface area contributed by atoms with Crippen LogP contribution in [0.5, 0.6) is 11.5 Å². The Morgan fingerprint density at radius 2 is 0.833 bits per heavy atom. The molecule has 2 rings (SSSR count). The standard InChI is InChI=1S/C22H20O8/c1-27-15-9-5-13(6-10-15)19(23)17(21(25)29-3)18(22(26)30-4)20(24)14-7-11-16(28-2)12-8-14/h5-12H,1-4H3/b18-17-. The lowest BCUT2D eigenvalue weighted by atomic mass is 9.93. The van der Waals surface area contributed by atoms with Crippen molar-refractivity contribution in [3.8, 4) is 11.5 Å². The summed E-state index contributed by atoms with van der Waals surface area (Å²) >= 11 is 0. The van der Waals surface area contributed by atoms with Gasteiger partial charge in [-0.3, -0.25) is 9.59 Å². The van der Waals surface area contributed by atoms with Crippen LogP contribution in [-0.4, -0.2) is 51.9 Å². The van der Waals surface area contributed by atoms with Gasteiger partial charge in [-0.1, -0.05) is 0 Å². The molecule has 0 radical (unpaired) electrons. The topological polar surface area (TPSA) is 105 Å². The Labute approximate surface area is 173 Å². The summed E-state index contributed by atoms with van der Waals surface area (Å²) in [6, 6.07) is 11.6. The Morgan fingerprint density at radius 3 is 1.07 bits per heavy atom. The van der Waals surface area contributed by atoms with Gasteiger partial charge in [0.05, 0.1) is 28.4 Å². The molecule has 0 unspecified atom stereocenters. The molecule has 0 saturated carbocycles. The summed E-state index contributed by atoms with van der Waals surface area (Å²) in [7, 11) is 4.99. The van der Waals surface area contributed by atoms with E-state index < -0.39 is 34.7 Å². The van der Waals surface area contributed by atoms with Gasteiger partial charge in [0.2, 0.25) is 11.6 Å². The lowest BCUT2D eigenvalue weighted by Gasteiger charge is -2.12. The Kier molecular flexibility index (Phi) is 7.46. The molecule has 0 bridgehead atoms. The first-order valence-electron chi connectivity index (χ1n) is 8.66. The monoisotopic (exact) mass is 412 g/mol. The molecule has 2 aromatic rings. The molecular formula is C22H20O8. The van der Waals surface area contributed by atoms with Crippen LogP contribution < -0.4 is 9.47 Å². The number of hydrogen-bond donors (Lipinski definition) is 0. The summed E-state index contributed by atoms with van der Waals surface area (Å²) in [5.41, 5.74) is -1.34. The minimum Gasteiger partial charge on any atom is -0.497 e. The van der Waals surface area contributed by atoms with Crippen molar-refractivity contribution in [2.75, 3.05) is 28.4 Å². The number of esters is 2. The molecule has 0 fully saturated rings. The van der Waals surface area contributed by atoms with E-state index in [9.17, 15) is 19.2 Å². The molecule has 0 aromatic heterocycles. The van der Waals surface area contributed by atoms with Crippen LogP contribution >= 0.6 is 0 Å². The predicted molar refractivity (Wildman–Crippen MR) is 106 cm³/mol. The lowest BCUT2D eigenvalue weighted by molar-refractivity contribution is -0.138. The van der Waals surface area contributed by atoms with Crippen molar-refractivity contribution in [2.24, 2.45) is 0 Å². The van der Waals surface area contributed by atoms with Gasteiger partial charge in [-0.15, -0.1) is 0 Å². The zero-order valence-corrected chi connectivity index (χ0v) is 16.9. The van der Waals surface area contributed by atoms with E-state index in [0.717, 1.165) is 14.2 Å².